The Morgan fingerprint density at radius 1 is 1.40 bits per heavy atom. The largest absolute Gasteiger partial charge is 0.266 e. The van der Waals surface area contributed by atoms with Crippen LogP contribution in [0.15, 0.2) is 0 Å². The van der Waals surface area contributed by atoms with Crippen molar-refractivity contribution in [2.75, 3.05) is 5.34 Å². The van der Waals surface area contributed by atoms with Gasteiger partial charge < -0.3 is 0 Å². The van der Waals surface area contributed by atoms with Crippen molar-refractivity contribution in [3.8, 4) is 0 Å². The Labute approximate surface area is 45.8 Å². The molecule has 4 heteroatoms. The van der Waals surface area contributed by atoms with Crippen LogP contribution in [-0.2, 0) is 12.5 Å². The Hall–Kier alpha value is 0.730. The van der Waals surface area contributed by atoms with E-state index in [1.165, 1.54) is 0 Å². The topological polar surface area (TPSA) is 17.1 Å². The van der Waals surface area contributed by atoms with E-state index in [0.717, 1.165) is 0 Å². The molecule has 0 spiro atoms. The number of hydrogen-bond acceptors (Lipinski definition) is 1. The lowest BCUT2D eigenvalue weighted by molar-refractivity contribution is 0.702. The van der Waals surface area contributed by atoms with Crippen molar-refractivity contribution < 1.29 is 4.21 Å². The minimum absolute atomic E-state index is 0.194. The highest BCUT2D eigenvalue weighted by atomic mass is 35.5. The highest BCUT2D eigenvalue weighted by Gasteiger charge is 1.41. The van der Waals surface area contributed by atoms with Crippen molar-refractivity contribution in [2.24, 2.45) is 0 Å². The summed E-state index contributed by atoms with van der Waals surface area (Å²) in [5, 5.41) is 0.194. The van der Waals surface area contributed by atoms with Gasteiger partial charge in [-0.05, 0) is 12.5 Å². The van der Waals surface area contributed by atoms with Crippen LogP contribution in [0, 0.1) is 0 Å². The Kier molecular flexibility index (Phi) is 40.5. The molecule has 0 heterocycles. The molecule has 1 nitrogen and oxygen atoms in total. The monoisotopic (exact) mass is 134 g/mol. The first kappa shape index (κ1) is 9.21. The number of rotatable bonds is 0. The van der Waals surface area contributed by atoms with Crippen molar-refractivity contribution in [3.05, 3.63) is 0 Å². The van der Waals surface area contributed by atoms with Crippen molar-refractivity contribution in [2.45, 2.75) is 0 Å². The minimum Gasteiger partial charge on any atom is -0.266 e. The van der Waals surface area contributed by atoms with Crippen LogP contribution in [0.25, 0.3) is 0 Å². The SMILES string of the molecule is ClCCl.O=[SH2]. The fourth-order valence-electron chi connectivity index (χ4n) is 0. The summed E-state index contributed by atoms with van der Waals surface area (Å²) >= 11 is 11.2. The van der Waals surface area contributed by atoms with Gasteiger partial charge in [-0.3, -0.25) is 4.21 Å². The number of halogens is 2. The fourth-order valence-corrected chi connectivity index (χ4v) is 0. The predicted molar refractivity (Wildman–Crippen MR) is 27.5 cm³/mol. The van der Waals surface area contributed by atoms with Gasteiger partial charge in [0.15, 0.2) is 0 Å². The maximum Gasteiger partial charge on any atom is 0.0967 e. The molecule has 0 atom stereocenters. The quantitative estimate of drug-likeness (QED) is 0.443. The van der Waals surface area contributed by atoms with Crippen LogP contribution in [-0.4, -0.2) is 9.55 Å². The Morgan fingerprint density at radius 2 is 1.40 bits per heavy atom. The van der Waals surface area contributed by atoms with E-state index >= 15 is 0 Å². The van der Waals surface area contributed by atoms with Gasteiger partial charge in [0.2, 0.25) is 0 Å². The third kappa shape index (κ3) is 66.2. The zero-order valence-corrected chi connectivity index (χ0v) is 4.88. The molecule has 0 aliphatic carbocycles. The summed E-state index contributed by atoms with van der Waals surface area (Å²) in [7, 11) is 0. The average Bonchev–Trinajstić information content (AvgIpc) is 1.46. The Morgan fingerprint density at radius 3 is 1.40 bits per heavy atom. The summed E-state index contributed by atoms with van der Waals surface area (Å²) in [6.07, 6.45) is 0. The third-order valence-electron chi connectivity index (χ3n) is 0. The molecule has 0 unspecified atom stereocenters. The molecule has 0 rings (SSSR count). The molecule has 0 saturated heterocycles. The lowest BCUT2D eigenvalue weighted by atomic mass is 11.9. The molecule has 5 heavy (non-hydrogen) atoms. The van der Waals surface area contributed by atoms with Crippen LogP contribution < -0.4 is 0 Å². The van der Waals surface area contributed by atoms with E-state index in [9.17, 15) is 0 Å². The average molecular weight is 135 g/mol. The second-order valence-corrected chi connectivity index (χ2v) is 0.909. The molecule has 0 amide bonds. The molecule has 0 aromatic rings. The van der Waals surface area contributed by atoms with Crippen molar-refractivity contribution in [1.82, 2.24) is 0 Å². The van der Waals surface area contributed by atoms with Gasteiger partial charge in [0, 0.05) is 0 Å². The van der Waals surface area contributed by atoms with Gasteiger partial charge in [-0.1, -0.05) is 0 Å². The molecule has 0 fully saturated rings. The van der Waals surface area contributed by atoms with Crippen LogP contribution in [0.1, 0.15) is 0 Å². The van der Waals surface area contributed by atoms with E-state index in [-0.39, 0.29) is 5.34 Å². The van der Waals surface area contributed by atoms with E-state index in [1.54, 1.807) is 12.5 Å². The Balaban J connectivity index is 0. The minimum atomic E-state index is 0.194. The molecular formula is CH4Cl2OS. The van der Waals surface area contributed by atoms with E-state index in [1.807, 2.05) is 0 Å². The van der Waals surface area contributed by atoms with Gasteiger partial charge in [0.1, 0.15) is 0 Å². The van der Waals surface area contributed by atoms with Crippen LogP contribution in [0.4, 0.5) is 0 Å². The molecule has 0 aromatic carbocycles. The summed E-state index contributed by atoms with van der Waals surface area (Å²) in [4.78, 5) is 0. The van der Waals surface area contributed by atoms with Crippen molar-refractivity contribution in [1.29, 1.82) is 0 Å². The number of alkyl halides is 2. The maximum absolute atomic E-state index is 8.06. The molecule has 0 aliphatic rings. The lowest BCUT2D eigenvalue weighted by Gasteiger charge is -1.42. The first-order valence-corrected chi connectivity index (χ1v) is 2.22. The van der Waals surface area contributed by atoms with Crippen LogP contribution in [0.5, 0.6) is 0 Å². The van der Waals surface area contributed by atoms with Crippen LogP contribution >= 0.6 is 23.2 Å². The molecule has 0 bridgehead atoms. The maximum atomic E-state index is 8.06. The summed E-state index contributed by atoms with van der Waals surface area (Å²) in [5.41, 5.74) is 0. The van der Waals surface area contributed by atoms with Crippen molar-refractivity contribution in [3.63, 3.8) is 0 Å². The van der Waals surface area contributed by atoms with Gasteiger partial charge in [-0.25, -0.2) is 0 Å². The zero-order valence-electron chi connectivity index (χ0n) is 2.37. The van der Waals surface area contributed by atoms with E-state index in [0.29, 0.717) is 0 Å². The summed E-state index contributed by atoms with van der Waals surface area (Å²) in [6, 6.07) is 0. The first-order valence-electron chi connectivity index (χ1n) is 0.739. The molecule has 34 valence electrons. The summed E-state index contributed by atoms with van der Waals surface area (Å²) in [6.45, 7) is 0. The second-order valence-electron chi connectivity index (χ2n) is 0.101. The normalized spacial score (nSPS) is 4.60. The Bertz CT molecular complexity index is 13.6. The van der Waals surface area contributed by atoms with Gasteiger partial charge in [-0.2, -0.15) is 0 Å². The summed E-state index contributed by atoms with van der Waals surface area (Å²) in [5.74, 6) is 0. The van der Waals surface area contributed by atoms with Gasteiger partial charge >= 0.3 is 0 Å². The standard InChI is InChI=1S/CH2Cl2.H2OS/c2-1-3;1-2/h1H2;2H2. The molecule has 0 aromatic heterocycles. The van der Waals surface area contributed by atoms with Crippen molar-refractivity contribution >= 4 is 35.7 Å². The second kappa shape index (κ2) is 22.0. The summed E-state index contributed by atoms with van der Waals surface area (Å²) < 4.78 is 8.06. The first-order chi connectivity index (χ1) is 2.41. The molecular weight excluding hydrogens is 131 g/mol. The van der Waals surface area contributed by atoms with Gasteiger partial charge in [0.25, 0.3) is 0 Å². The molecule has 0 radical (unpaired) electrons. The lowest BCUT2D eigenvalue weighted by Crippen LogP contribution is -1.24. The van der Waals surface area contributed by atoms with Gasteiger partial charge in [-0.15, -0.1) is 23.2 Å². The molecule has 0 aliphatic heterocycles. The van der Waals surface area contributed by atoms with Gasteiger partial charge in [0.05, 0.1) is 5.34 Å². The van der Waals surface area contributed by atoms with E-state index < -0.39 is 0 Å². The fraction of sp³-hybridized carbons (Fsp3) is 1.00. The molecule has 0 saturated carbocycles. The third-order valence-corrected chi connectivity index (χ3v) is 0. The van der Waals surface area contributed by atoms with Crippen LogP contribution in [0.3, 0.4) is 0 Å². The molecule has 0 N–H and O–H groups in total. The van der Waals surface area contributed by atoms with Crippen LogP contribution in [0.2, 0.25) is 0 Å². The van der Waals surface area contributed by atoms with E-state index in [2.05, 4.69) is 0 Å². The zero-order chi connectivity index (χ0) is 4.71. The van der Waals surface area contributed by atoms with E-state index in [4.69, 9.17) is 27.4 Å². The smallest absolute Gasteiger partial charge is 0.0967 e. The predicted octanol–water partition coefficient (Wildman–Crippen LogP) is 0.550. The number of hydrogen-bond donors (Lipinski definition) is 0. The highest BCUT2D eigenvalue weighted by molar-refractivity contribution is 7.44. The highest BCUT2D eigenvalue weighted by Crippen LogP contribution is 1.73.